The lowest BCUT2D eigenvalue weighted by Gasteiger charge is -2.11. The number of hydrogen-bond acceptors (Lipinski definition) is 3. The first-order valence-corrected chi connectivity index (χ1v) is 8.67. The molecule has 21 heavy (non-hydrogen) atoms. The topological polar surface area (TPSA) is 76.0 Å². The third kappa shape index (κ3) is 3.25. The molecule has 1 aromatic carbocycles. The summed E-state index contributed by atoms with van der Waals surface area (Å²) in [6.07, 6.45) is 2.26. The molecule has 0 bridgehead atoms. The van der Waals surface area contributed by atoms with Gasteiger partial charge in [-0.1, -0.05) is 12.1 Å². The number of nitrogens with zero attached hydrogens (tertiary/aromatic N) is 2. The highest BCUT2D eigenvalue weighted by molar-refractivity contribution is 7.87. The third-order valence-corrected chi connectivity index (χ3v) is 4.70. The Hall–Kier alpha value is -1.44. The van der Waals surface area contributed by atoms with Crippen molar-refractivity contribution in [2.75, 3.05) is 0 Å². The molecule has 6 nitrogen and oxygen atoms in total. The molecule has 0 atom stereocenters. The van der Waals surface area contributed by atoms with E-state index in [9.17, 15) is 8.42 Å². The molecule has 1 fully saturated rings. The van der Waals surface area contributed by atoms with Gasteiger partial charge < -0.3 is 4.57 Å². The molecule has 1 aliphatic carbocycles. The Balaban J connectivity index is 1.85. The van der Waals surface area contributed by atoms with Gasteiger partial charge in [-0.05, 0) is 38.8 Å². The minimum Gasteiger partial charge on any atom is -0.324 e. The van der Waals surface area contributed by atoms with Crippen molar-refractivity contribution in [1.82, 2.24) is 19.0 Å². The number of hydrogen-bond donors (Lipinski definition) is 2. The number of fused-ring (bicyclic) bond motifs is 1. The van der Waals surface area contributed by atoms with E-state index in [0.717, 1.165) is 29.7 Å². The highest BCUT2D eigenvalue weighted by atomic mass is 32.2. The molecular formula is C14H20N4O2S. The number of aromatic nitrogens is 2. The van der Waals surface area contributed by atoms with Crippen molar-refractivity contribution < 1.29 is 8.42 Å². The van der Waals surface area contributed by atoms with Gasteiger partial charge in [0.15, 0.2) is 0 Å². The zero-order chi connectivity index (χ0) is 15.0. The van der Waals surface area contributed by atoms with E-state index >= 15 is 0 Å². The van der Waals surface area contributed by atoms with Gasteiger partial charge >= 0.3 is 0 Å². The largest absolute Gasteiger partial charge is 0.324 e. The van der Waals surface area contributed by atoms with Gasteiger partial charge in [0.25, 0.3) is 10.2 Å². The summed E-state index contributed by atoms with van der Waals surface area (Å²) in [7, 11) is -3.49. The molecule has 0 unspecified atom stereocenters. The van der Waals surface area contributed by atoms with Crippen LogP contribution in [0.2, 0.25) is 0 Å². The summed E-state index contributed by atoms with van der Waals surface area (Å²) in [5.41, 5.74) is 1.99. The second-order valence-electron chi connectivity index (χ2n) is 5.72. The SMILES string of the molecule is CC(C)NS(=O)(=O)NCc1nc2ccccc2n1C1CC1. The van der Waals surface area contributed by atoms with Crippen molar-refractivity contribution in [2.45, 2.75) is 45.3 Å². The minimum absolute atomic E-state index is 0.134. The quantitative estimate of drug-likeness (QED) is 0.853. The van der Waals surface area contributed by atoms with E-state index in [-0.39, 0.29) is 12.6 Å². The van der Waals surface area contributed by atoms with Crippen LogP contribution in [0.5, 0.6) is 0 Å². The Labute approximate surface area is 124 Å². The van der Waals surface area contributed by atoms with Gasteiger partial charge in [-0.15, -0.1) is 0 Å². The first kappa shape index (κ1) is 14.5. The summed E-state index contributed by atoms with van der Waals surface area (Å²) >= 11 is 0. The maximum atomic E-state index is 11.9. The average molecular weight is 308 g/mol. The maximum Gasteiger partial charge on any atom is 0.277 e. The lowest BCUT2D eigenvalue weighted by Crippen LogP contribution is -2.40. The van der Waals surface area contributed by atoms with Crippen molar-refractivity contribution in [3.05, 3.63) is 30.1 Å². The molecule has 0 saturated heterocycles. The first-order chi connectivity index (χ1) is 9.96. The average Bonchev–Trinajstić information content (AvgIpc) is 3.15. The predicted octanol–water partition coefficient (Wildman–Crippen LogP) is 1.70. The van der Waals surface area contributed by atoms with Crippen LogP contribution < -0.4 is 9.44 Å². The Bertz CT molecular complexity index is 747. The van der Waals surface area contributed by atoms with Crippen LogP contribution in [0.1, 0.15) is 38.6 Å². The Morgan fingerprint density at radius 2 is 2.05 bits per heavy atom. The van der Waals surface area contributed by atoms with Gasteiger partial charge in [0.2, 0.25) is 0 Å². The van der Waals surface area contributed by atoms with E-state index in [0.29, 0.717) is 6.04 Å². The van der Waals surface area contributed by atoms with E-state index in [2.05, 4.69) is 19.0 Å². The molecule has 1 saturated carbocycles. The Kier molecular flexibility index (Phi) is 3.73. The number of benzene rings is 1. The molecule has 0 spiro atoms. The van der Waals surface area contributed by atoms with Gasteiger partial charge in [-0.2, -0.15) is 17.9 Å². The summed E-state index contributed by atoms with van der Waals surface area (Å²) in [6, 6.07) is 8.24. The molecule has 2 aromatic rings. The van der Waals surface area contributed by atoms with E-state index in [1.165, 1.54) is 0 Å². The molecule has 114 valence electrons. The number of para-hydroxylation sites is 2. The summed E-state index contributed by atoms with van der Waals surface area (Å²) in [6.45, 7) is 3.78. The molecule has 0 aliphatic heterocycles. The van der Waals surface area contributed by atoms with Crippen molar-refractivity contribution in [3.8, 4) is 0 Å². The second kappa shape index (κ2) is 5.40. The van der Waals surface area contributed by atoms with Crippen LogP contribution in [0.3, 0.4) is 0 Å². The number of imidazole rings is 1. The fourth-order valence-corrected chi connectivity index (χ4v) is 3.49. The standard InChI is InChI=1S/C14H20N4O2S/c1-10(2)17-21(19,20)15-9-14-16-12-5-3-4-6-13(12)18(14)11-7-8-11/h3-6,10-11,15,17H,7-9H2,1-2H3. The van der Waals surface area contributed by atoms with Crippen LogP contribution in [-0.2, 0) is 16.8 Å². The van der Waals surface area contributed by atoms with E-state index in [1.807, 2.05) is 24.3 Å². The van der Waals surface area contributed by atoms with Crippen molar-refractivity contribution in [3.63, 3.8) is 0 Å². The zero-order valence-corrected chi connectivity index (χ0v) is 13.0. The van der Waals surface area contributed by atoms with Gasteiger partial charge in [0, 0.05) is 12.1 Å². The third-order valence-electron chi connectivity index (χ3n) is 3.39. The second-order valence-corrected chi connectivity index (χ2v) is 7.25. The van der Waals surface area contributed by atoms with E-state index in [1.54, 1.807) is 13.8 Å². The van der Waals surface area contributed by atoms with Crippen LogP contribution in [0.25, 0.3) is 11.0 Å². The van der Waals surface area contributed by atoms with Gasteiger partial charge in [-0.3, -0.25) is 0 Å². The van der Waals surface area contributed by atoms with Crippen molar-refractivity contribution in [2.24, 2.45) is 0 Å². The number of rotatable bonds is 6. The smallest absolute Gasteiger partial charge is 0.277 e. The van der Waals surface area contributed by atoms with Crippen LogP contribution in [0, 0.1) is 0 Å². The fraction of sp³-hybridized carbons (Fsp3) is 0.500. The van der Waals surface area contributed by atoms with Crippen LogP contribution >= 0.6 is 0 Å². The summed E-state index contributed by atoms with van der Waals surface area (Å²) in [4.78, 5) is 4.56. The molecule has 1 aliphatic rings. The monoisotopic (exact) mass is 308 g/mol. The van der Waals surface area contributed by atoms with Crippen molar-refractivity contribution >= 4 is 21.2 Å². The molecule has 2 N–H and O–H groups in total. The number of nitrogens with one attached hydrogen (secondary N) is 2. The van der Waals surface area contributed by atoms with E-state index in [4.69, 9.17) is 0 Å². The van der Waals surface area contributed by atoms with Gasteiger partial charge in [0.1, 0.15) is 5.82 Å². The fourth-order valence-electron chi connectivity index (χ4n) is 2.47. The van der Waals surface area contributed by atoms with Crippen molar-refractivity contribution in [1.29, 1.82) is 0 Å². The first-order valence-electron chi connectivity index (χ1n) is 7.19. The normalized spacial score (nSPS) is 16.0. The molecular weight excluding hydrogens is 288 g/mol. The Morgan fingerprint density at radius 3 is 2.71 bits per heavy atom. The minimum atomic E-state index is -3.49. The molecule has 1 heterocycles. The summed E-state index contributed by atoms with van der Waals surface area (Å²) in [5.74, 6) is 0.771. The van der Waals surface area contributed by atoms with Crippen LogP contribution in [0.4, 0.5) is 0 Å². The maximum absolute atomic E-state index is 11.9. The summed E-state index contributed by atoms with van der Waals surface area (Å²) in [5, 5.41) is 0. The highest BCUT2D eigenvalue weighted by Gasteiger charge is 2.28. The lowest BCUT2D eigenvalue weighted by atomic mass is 10.3. The predicted molar refractivity (Wildman–Crippen MR) is 82.0 cm³/mol. The summed E-state index contributed by atoms with van der Waals surface area (Å²) < 4.78 is 31.0. The highest BCUT2D eigenvalue weighted by Crippen LogP contribution is 2.38. The molecule has 7 heteroatoms. The van der Waals surface area contributed by atoms with Crippen LogP contribution in [-0.4, -0.2) is 24.0 Å². The van der Waals surface area contributed by atoms with E-state index < -0.39 is 10.2 Å². The molecule has 1 aromatic heterocycles. The molecule has 3 rings (SSSR count). The van der Waals surface area contributed by atoms with Gasteiger partial charge in [0.05, 0.1) is 17.6 Å². The Morgan fingerprint density at radius 1 is 1.33 bits per heavy atom. The molecule has 0 radical (unpaired) electrons. The molecule has 0 amide bonds. The van der Waals surface area contributed by atoms with Crippen LogP contribution in [0.15, 0.2) is 24.3 Å². The lowest BCUT2D eigenvalue weighted by molar-refractivity contribution is 0.550. The van der Waals surface area contributed by atoms with Gasteiger partial charge in [-0.25, -0.2) is 4.98 Å². The zero-order valence-electron chi connectivity index (χ0n) is 12.2.